The number of aryl methyl sites for hydroxylation is 1. The van der Waals surface area contributed by atoms with Crippen molar-refractivity contribution in [1.29, 1.82) is 0 Å². The highest BCUT2D eigenvalue weighted by atomic mass is 35.5. The summed E-state index contributed by atoms with van der Waals surface area (Å²) in [6.07, 6.45) is 6.18. The molecule has 2 amide bonds. The molecule has 2 aromatic rings. The van der Waals surface area contributed by atoms with E-state index >= 15 is 0 Å². The third-order valence-electron chi connectivity index (χ3n) is 6.53. The molecule has 0 aromatic heterocycles. The van der Waals surface area contributed by atoms with Crippen LogP contribution in [0, 0.1) is 0 Å². The summed E-state index contributed by atoms with van der Waals surface area (Å²) in [5.41, 5.74) is 1.76. The highest BCUT2D eigenvalue weighted by molar-refractivity contribution is 6.42. The molecular weight excluding hydrogens is 487 g/mol. The molecule has 0 saturated heterocycles. The van der Waals surface area contributed by atoms with Crippen molar-refractivity contribution in [2.24, 2.45) is 0 Å². The van der Waals surface area contributed by atoms with Crippen LogP contribution in [0.15, 0.2) is 36.4 Å². The first-order valence-electron chi connectivity index (χ1n) is 12.1. The van der Waals surface area contributed by atoms with Gasteiger partial charge in [-0.3, -0.25) is 9.59 Å². The lowest BCUT2D eigenvalue weighted by Crippen LogP contribution is -2.50. The highest BCUT2D eigenvalue weighted by Crippen LogP contribution is 2.28. The van der Waals surface area contributed by atoms with Crippen LogP contribution < -0.4 is 14.8 Å². The number of nitrogens with one attached hydrogen (secondary N) is 1. The third-order valence-corrected chi connectivity index (χ3v) is 7.27. The summed E-state index contributed by atoms with van der Waals surface area (Å²) in [5, 5.41) is 4.02. The number of amides is 2. The number of benzene rings is 2. The van der Waals surface area contributed by atoms with Gasteiger partial charge in [-0.15, -0.1) is 0 Å². The van der Waals surface area contributed by atoms with Gasteiger partial charge in [0.1, 0.15) is 6.04 Å². The Morgan fingerprint density at radius 3 is 2.31 bits per heavy atom. The molecule has 1 N–H and O–H groups in total. The fourth-order valence-electron chi connectivity index (χ4n) is 4.42. The number of methoxy groups -OCH3 is 2. The standard InChI is InChI=1S/C27H34Cl2N2O4/c1-18(27(33)30-21-7-5-4-6-8-21)31(17-20-9-12-22(28)23(29)15-20)26(32)14-11-19-10-13-24(34-2)25(16-19)35-3/h9-10,12-13,15-16,18,21H,4-8,11,14,17H2,1-3H3,(H,30,33)/t18-/m0/s1. The molecule has 6 nitrogen and oxygen atoms in total. The molecule has 0 bridgehead atoms. The van der Waals surface area contributed by atoms with E-state index in [0.29, 0.717) is 28.0 Å². The van der Waals surface area contributed by atoms with Gasteiger partial charge in [-0.1, -0.05) is 54.6 Å². The maximum Gasteiger partial charge on any atom is 0.242 e. The number of carbonyl (C=O) groups excluding carboxylic acids is 2. The van der Waals surface area contributed by atoms with Crippen molar-refractivity contribution in [3.05, 3.63) is 57.6 Å². The normalized spacial score (nSPS) is 14.8. The molecule has 0 unspecified atom stereocenters. The number of nitrogens with zero attached hydrogens (tertiary/aromatic N) is 1. The van der Waals surface area contributed by atoms with Crippen molar-refractivity contribution in [1.82, 2.24) is 10.2 Å². The van der Waals surface area contributed by atoms with Gasteiger partial charge in [-0.2, -0.15) is 0 Å². The first kappa shape index (κ1) is 27.2. The zero-order valence-corrected chi connectivity index (χ0v) is 22.1. The summed E-state index contributed by atoms with van der Waals surface area (Å²) in [6.45, 7) is 2.05. The van der Waals surface area contributed by atoms with E-state index in [4.69, 9.17) is 32.7 Å². The SMILES string of the molecule is COc1ccc(CCC(=O)N(Cc2ccc(Cl)c(Cl)c2)[C@@H](C)C(=O)NC2CCCCC2)cc1OC. The minimum Gasteiger partial charge on any atom is -0.493 e. The summed E-state index contributed by atoms with van der Waals surface area (Å²) in [6, 6.07) is 10.4. The van der Waals surface area contributed by atoms with Crippen molar-refractivity contribution in [2.45, 2.75) is 70.5 Å². The topological polar surface area (TPSA) is 67.9 Å². The molecule has 0 radical (unpaired) electrons. The second-order valence-electron chi connectivity index (χ2n) is 8.98. The molecule has 1 atom stereocenters. The fourth-order valence-corrected chi connectivity index (χ4v) is 4.74. The van der Waals surface area contributed by atoms with Crippen molar-refractivity contribution in [3.8, 4) is 11.5 Å². The van der Waals surface area contributed by atoms with E-state index in [0.717, 1.165) is 36.8 Å². The third kappa shape index (κ3) is 7.52. The number of hydrogen-bond acceptors (Lipinski definition) is 4. The summed E-state index contributed by atoms with van der Waals surface area (Å²) in [5.74, 6) is 1.01. The Morgan fingerprint density at radius 2 is 1.66 bits per heavy atom. The van der Waals surface area contributed by atoms with Gasteiger partial charge in [0.15, 0.2) is 11.5 Å². The Morgan fingerprint density at radius 1 is 0.971 bits per heavy atom. The Hall–Kier alpha value is -2.44. The van der Waals surface area contributed by atoms with Crippen LogP contribution in [-0.4, -0.2) is 43.0 Å². The molecular formula is C27H34Cl2N2O4. The number of halogens is 2. The average Bonchev–Trinajstić information content (AvgIpc) is 2.87. The Kier molecular flexibility index (Phi) is 10.1. The minimum absolute atomic E-state index is 0.114. The lowest BCUT2D eigenvalue weighted by atomic mass is 9.95. The summed E-state index contributed by atoms with van der Waals surface area (Å²) in [7, 11) is 3.17. The van der Waals surface area contributed by atoms with E-state index in [2.05, 4.69) is 5.32 Å². The van der Waals surface area contributed by atoms with Crippen LogP contribution in [0.25, 0.3) is 0 Å². The van der Waals surface area contributed by atoms with Crippen molar-refractivity contribution < 1.29 is 19.1 Å². The number of hydrogen-bond donors (Lipinski definition) is 1. The quantitative estimate of drug-likeness (QED) is 0.429. The van der Waals surface area contributed by atoms with E-state index in [1.54, 1.807) is 38.2 Å². The molecule has 35 heavy (non-hydrogen) atoms. The highest BCUT2D eigenvalue weighted by Gasteiger charge is 2.28. The smallest absolute Gasteiger partial charge is 0.242 e. The lowest BCUT2D eigenvalue weighted by molar-refractivity contribution is -0.141. The van der Waals surface area contributed by atoms with Crippen LogP contribution in [0.5, 0.6) is 11.5 Å². The summed E-state index contributed by atoms with van der Waals surface area (Å²) < 4.78 is 10.7. The fraction of sp³-hybridized carbons (Fsp3) is 0.481. The van der Waals surface area contributed by atoms with Gasteiger partial charge in [0.25, 0.3) is 0 Å². The first-order valence-corrected chi connectivity index (χ1v) is 12.8. The largest absolute Gasteiger partial charge is 0.493 e. The van der Waals surface area contributed by atoms with Gasteiger partial charge in [0, 0.05) is 19.0 Å². The van der Waals surface area contributed by atoms with Gasteiger partial charge in [0.2, 0.25) is 11.8 Å². The molecule has 0 aliphatic heterocycles. The zero-order valence-electron chi connectivity index (χ0n) is 20.6. The van der Waals surface area contributed by atoms with Gasteiger partial charge < -0.3 is 19.7 Å². The van der Waals surface area contributed by atoms with Crippen LogP contribution >= 0.6 is 23.2 Å². The van der Waals surface area contributed by atoms with Crippen LogP contribution in [0.2, 0.25) is 10.0 Å². The Balaban J connectivity index is 1.74. The predicted molar refractivity (Wildman–Crippen MR) is 139 cm³/mol. The first-order chi connectivity index (χ1) is 16.8. The van der Waals surface area contributed by atoms with Crippen molar-refractivity contribution >= 4 is 35.0 Å². The Bertz CT molecular complexity index is 1020. The van der Waals surface area contributed by atoms with Crippen LogP contribution in [0.1, 0.15) is 56.6 Å². The van der Waals surface area contributed by atoms with Crippen molar-refractivity contribution in [3.63, 3.8) is 0 Å². The maximum absolute atomic E-state index is 13.4. The number of ether oxygens (including phenoxy) is 2. The zero-order chi connectivity index (χ0) is 25.4. The van der Waals surface area contributed by atoms with Gasteiger partial charge in [-0.25, -0.2) is 0 Å². The van der Waals surface area contributed by atoms with Gasteiger partial charge in [-0.05, 0) is 61.6 Å². The molecule has 1 aliphatic rings. The average molecular weight is 521 g/mol. The monoisotopic (exact) mass is 520 g/mol. The van der Waals surface area contributed by atoms with E-state index in [1.807, 2.05) is 24.3 Å². The molecule has 1 fully saturated rings. The predicted octanol–water partition coefficient (Wildman–Crippen LogP) is 5.81. The van der Waals surface area contributed by atoms with Gasteiger partial charge in [0.05, 0.1) is 24.3 Å². The molecule has 2 aromatic carbocycles. The van der Waals surface area contributed by atoms with Crippen LogP contribution in [0.4, 0.5) is 0 Å². The minimum atomic E-state index is -0.621. The van der Waals surface area contributed by atoms with E-state index in [9.17, 15) is 9.59 Å². The van der Waals surface area contributed by atoms with E-state index in [1.165, 1.54) is 6.42 Å². The summed E-state index contributed by atoms with van der Waals surface area (Å²) in [4.78, 5) is 28.2. The summed E-state index contributed by atoms with van der Waals surface area (Å²) >= 11 is 12.3. The molecule has 3 rings (SSSR count). The maximum atomic E-state index is 13.4. The molecule has 190 valence electrons. The van der Waals surface area contributed by atoms with Gasteiger partial charge >= 0.3 is 0 Å². The van der Waals surface area contributed by atoms with E-state index in [-0.39, 0.29) is 30.8 Å². The van der Waals surface area contributed by atoms with Crippen LogP contribution in [0.3, 0.4) is 0 Å². The molecule has 1 aliphatic carbocycles. The second kappa shape index (κ2) is 13.0. The van der Waals surface area contributed by atoms with E-state index < -0.39 is 6.04 Å². The molecule has 0 spiro atoms. The molecule has 0 heterocycles. The van der Waals surface area contributed by atoms with Crippen LogP contribution in [-0.2, 0) is 22.6 Å². The Labute approximate surface area is 217 Å². The lowest BCUT2D eigenvalue weighted by Gasteiger charge is -2.31. The molecule has 1 saturated carbocycles. The number of rotatable bonds is 10. The van der Waals surface area contributed by atoms with Crippen molar-refractivity contribution in [2.75, 3.05) is 14.2 Å². The molecule has 8 heteroatoms. The number of carbonyl (C=O) groups is 2. The second-order valence-corrected chi connectivity index (χ2v) is 9.79.